The fourth-order valence-electron chi connectivity index (χ4n) is 3.57. The van der Waals surface area contributed by atoms with Crippen LogP contribution in [0.3, 0.4) is 0 Å². The maximum Gasteiger partial charge on any atom is 0.222 e. The van der Waals surface area contributed by atoms with Crippen LogP contribution in [0.4, 0.5) is 4.39 Å². The molecular formula is C23H15FN2. The summed E-state index contributed by atoms with van der Waals surface area (Å²) in [5.74, 6) is -0.452. The number of hydrogen-bond donors (Lipinski definition) is 1. The van der Waals surface area contributed by atoms with Crippen LogP contribution in [-0.2, 0) is 0 Å². The van der Waals surface area contributed by atoms with Crippen LogP contribution in [0.15, 0.2) is 84.9 Å². The molecular weight excluding hydrogens is 323 g/mol. The van der Waals surface area contributed by atoms with Crippen molar-refractivity contribution >= 4 is 21.8 Å². The van der Waals surface area contributed by atoms with Crippen LogP contribution in [0.5, 0.6) is 0 Å². The van der Waals surface area contributed by atoms with Crippen LogP contribution in [0.2, 0.25) is 0 Å². The first-order chi connectivity index (χ1) is 12.8. The largest absolute Gasteiger partial charge is 0.353 e. The van der Waals surface area contributed by atoms with E-state index in [1.165, 1.54) is 0 Å². The molecule has 5 rings (SSSR count). The van der Waals surface area contributed by atoms with Crippen LogP contribution in [0.25, 0.3) is 44.2 Å². The molecule has 0 amide bonds. The van der Waals surface area contributed by atoms with Crippen LogP contribution in [-0.4, -0.2) is 9.97 Å². The second kappa shape index (κ2) is 5.81. The van der Waals surface area contributed by atoms with Gasteiger partial charge in [0.1, 0.15) is 0 Å². The van der Waals surface area contributed by atoms with Gasteiger partial charge in [0, 0.05) is 27.4 Å². The molecule has 2 aromatic heterocycles. The lowest BCUT2D eigenvalue weighted by atomic mass is 9.99. The maximum absolute atomic E-state index is 15.2. The second-order valence-electron chi connectivity index (χ2n) is 6.28. The highest BCUT2D eigenvalue weighted by Crippen LogP contribution is 2.39. The molecule has 0 unspecified atom stereocenters. The number of halogens is 1. The van der Waals surface area contributed by atoms with Crippen molar-refractivity contribution < 1.29 is 4.39 Å². The van der Waals surface area contributed by atoms with Crippen molar-refractivity contribution in [3.8, 4) is 22.4 Å². The number of rotatable bonds is 2. The lowest BCUT2D eigenvalue weighted by Gasteiger charge is -2.10. The Balaban J connectivity index is 1.97. The van der Waals surface area contributed by atoms with Gasteiger partial charge in [0.2, 0.25) is 5.95 Å². The zero-order valence-corrected chi connectivity index (χ0v) is 13.9. The number of nitrogens with zero attached hydrogens (tertiary/aromatic N) is 1. The van der Waals surface area contributed by atoms with Gasteiger partial charge in [-0.3, -0.25) is 0 Å². The Kier molecular flexibility index (Phi) is 3.32. The number of H-pyrrole nitrogens is 1. The third-order valence-electron chi connectivity index (χ3n) is 4.72. The van der Waals surface area contributed by atoms with Crippen LogP contribution in [0, 0.1) is 5.95 Å². The van der Waals surface area contributed by atoms with Gasteiger partial charge in [-0.1, -0.05) is 78.9 Å². The predicted octanol–water partition coefficient (Wildman–Crippen LogP) is 6.19. The summed E-state index contributed by atoms with van der Waals surface area (Å²) in [7, 11) is 0. The average Bonchev–Trinajstić information content (AvgIpc) is 3.08. The number of pyridine rings is 1. The first kappa shape index (κ1) is 14.8. The second-order valence-corrected chi connectivity index (χ2v) is 6.28. The SMILES string of the molecule is Fc1nc(-c2ccccc2)c2[nH]c3ccccc3c2c1-c1ccccc1. The van der Waals surface area contributed by atoms with Crippen molar-refractivity contribution in [3.05, 3.63) is 90.9 Å². The summed E-state index contributed by atoms with van der Waals surface area (Å²) in [6.45, 7) is 0. The molecule has 0 aliphatic carbocycles. The molecule has 0 radical (unpaired) electrons. The minimum atomic E-state index is -0.452. The van der Waals surface area contributed by atoms with Crippen molar-refractivity contribution in [2.45, 2.75) is 0 Å². The van der Waals surface area contributed by atoms with E-state index in [0.717, 1.165) is 32.9 Å². The molecule has 0 fully saturated rings. The van der Waals surface area contributed by atoms with E-state index < -0.39 is 5.95 Å². The van der Waals surface area contributed by atoms with Crippen molar-refractivity contribution in [2.24, 2.45) is 0 Å². The summed E-state index contributed by atoms with van der Waals surface area (Å²) < 4.78 is 15.2. The third kappa shape index (κ3) is 2.21. The molecule has 0 aliphatic rings. The quantitative estimate of drug-likeness (QED) is 0.382. The summed E-state index contributed by atoms with van der Waals surface area (Å²) in [5, 5.41) is 1.87. The third-order valence-corrected chi connectivity index (χ3v) is 4.72. The summed E-state index contributed by atoms with van der Waals surface area (Å²) in [6, 6.07) is 27.3. The van der Waals surface area contributed by atoms with E-state index in [1.54, 1.807) is 0 Å². The van der Waals surface area contributed by atoms with Crippen molar-refractivity contribution in [1.29, 1.82) is 0 Å². The fraction of sp³-hybridized carbons (Fsp3) is 0. The predicted molar refractivity (Wildman–Crippen MR) is 104 cm³/mol. The van der Waals surface area contributed by atoms with Crippen LogP contribution >= 0.6 is 0 Å². The van der Waals surface area contributed by atoms with E-state index in [0.29, 0.717) is 11.3 Å². The molecule has 0 saturated carbocycles. The first-order valence-corrected chi connectivity index (χ1v) is 8.53. The monoisotopic (exact) mass is 338 g/mol. The molecule has 2 nitrogen and oxygen atoms in total. The number of hydrogen-bond acceptors (Lipinski definition) is 1. The van der Waals surface area contributed by atoms with Gasteiger partial charge >= 0.3 is 0 Å². The minimum Gasteiger partial charge on any atom is -0.353 e. The van der Waals surface area contributed by atoms with Gasteiger partial charge in [0.25, 0.3) is 0 Å². The van der Waals surface area contributed by atoms with Gasteiger partial charge in [-0.25, -0.2) is 4.98 Å². The smallest absolute Gasteiger partial charge is 0.222 e. The molecule has 124 valence electrons. The number of para-hydroxylation sites is 1. The highest BCUT2D eigenvalue weighted by molar-refractivity contribution is 6.17. The van der Waals surface area contributed by atoms with E-state index in [1.807, 2.05) is 84.9 Å². The Morgan fingerprint density at radius 3 is 2.04 bits per heavy atom. The number of nitrogens with one attached hydrogen (secondary N) is 1. The molecule has 26 heavy (non-hydrogen) atoms. The Labute approximate surface area is 150 Å². The van der Waals surface area contributed by atoms with Gasteiger partial charge < -0.3 is 4.98 Å². The van der Waals surface area contributed by atoms with E-state index in [2.05, 4.69) is 9.97 Å². The molecule has 0 saturated heterocycles. The number of benzene rings is 3. The lowest BCUT2D eigenvalue weighted by Crippen LogP contribution is -1.95. The first-order valence-electron chi connectivity index (χ1n) is 8.53. The van der Waals surface area contributed by atoms with Gasteiger partial charge in [-0.15, -0.1) is 0 Å². The normalized spacial score (nSPS) is 11.3. The number of aromatic amines is 1. The van der Waals surface area contributed by atoms with Crippen molar-refractivity contribution in [1.82, 2.24) is 9.97 Å². The summed E-state index contributed by atoms with van der Waals surface area (Å²) in [4.78, 5) is 7.80. The standard InChI is InChI=1S/C23H15FN2/c24-23-19(15-9-3-1-4-10-15)20-17-13-7-8-14-18(17)25-22(20)21(26-23)16-11-5-2-6-12-16/h1-14,25H. The molecule has 0 bridgehead atoms. The summed E-state index contributed by atoms with van der Waals surface area (Å²) in [5.41, 5.74) is 4.73. The van der Waals surface area contributed by atoms with E-state index in [-0.39, 0.29) is 0 Å². The molecule has 0 atom stereocenters. The maximum atomic E-state index is 15.2. The number of aromatic nitrogens is 2. The van der Waals surface area contributed by atoms with Crippen LogP contribution < -0.4 is 0 Å². The minimum absolute atomic E-state index is 0.452. The van der Waals surface area contributed by atoms with E-state index in [4.69, 9.17) is 0 Å². The lowest BCUT2D eigenvalue weighted by molar-refractivity contribution is 0.591. The average molecular weight is 338 g/mol. The summed E-state index contributed by atoms with van der Waals surface area (Å²) >= 11 is 0. The van der Waals surface area contributed by atoms with Gasteiger partial charge in [0.05, 0.1) is 11.2 Å². The Hall–Kier alpha value is -3.46. The van der Waals surface area contributed by atoms with Gasteiger partial charge in [-0.2, -0.15) is 4.39 Å². The van der Waals surface area contributed by atoms with E-state index >= 15 is 4.39 Å². The molecule has 2 heterocycles. The van der Waals surface area contributed by atoms with Gasteiger partial charge in [0.15, 0.2) is 0 Å². The zero-order valence-electron chi connectivity index (χ0n) is 13.9. The van der Waals surface area contributed by atoms with Crippen molar-refractivity contribution in [2.75, 3.05) is 0 Å². The Morgan fingerprint density at radius 2 is 1.31 bits per heavy atom. The van der Waals surface area contributed by atoms with Gasteiger partial charge in [-0.05, 0) is 11.6 Å². The molecule has 3 heteroatoms. The van der Waals surface area contributed by atoms with Crippen molar-refractivity contribution in [3.63, 3.8) is 0 Å². The molecule has 1 N–H and O–H groups in total. The zero-order chi connectivity index (χ0) is 17.5. The molecule has 5 aromatic rings. The topological polar surface area (TPSA) is 28.7 Å². The number of fused-ring (bicyclic) bond motifs is 3. The molecule has 0 aliphatic heterocycles. The van der Waals surface area contributed by atoms with Crippen LogP contribution in [0.1, 0.15) is 0 Å². The van der Waals surface area contributed by atoms with E-state index in [9.17, 15) is 0 Å². The molecule has 3 aromatic carbocycles. The highest BCUT2D eigenvalue weighted by Gasteiger charge is 2.20. The highest BCUT2D eigenvalue weighted by atomic mass is 19.1. The Bertz CT molecular complexity index is 1230. The fourth-order valence-corrected chi connectivity index (χ4v) is 3.57. The molecule has 0 spiro atoms. The Morgan fingerprint density at radius 1 is 0.692 bits per heavy atom. The summed E-state index contributed by atoms with van der Waals surface area (Å²) in [6.07, 6.45) is 0.